The molecule has 1 atom stereocenters. The van der Waals surface area contributed by atoms with Crippen molar-refractivity contribution >= 4 is 35.0 Å². The van der Waals surface area contributed by atoms with Gasteiger partial charge >= 0.3 is 0 Å². The van der Waals surface area contributed by atoms with Crippen LogP contribution < -0.4 is 15.1 Å². The van der Waals surface area contributed by atoms with Crippen LogP contribution in [0, 0.1) is 11.6 Å². The van der Waals surface area contributed by atoms with Gasteiger partial charge in [-0.3, -0.25) is 9.59 Å². The molecule has 2 aromatic carbocycles. The third kappa shape index (κ3) is 4.72. The first kappa shape index (κ1) is 23.3. The van der Waals surface area contributed by atoms with Crippen LogP contribution in [0.2, 0.25) is 0 Å². The number of thioether (sulfide) groups is 1. The van der Waals surface area contributed by atoms with Gasteiger partial charge in [0.2, 0.25) is 11.7 Å². The molecule has 182 valence electrons. The molecular formula is C24H24F2N6O2S. The second-order valence-electron chi connectivity index (χ2n) is 8.55. The third-order valence-corrected chi connectivity index (χ3v) is 7.39. The number of benzene rings is 2. The highest BCUT2D eigenvalue weighted by molar-refractivity contribution is 7.99. The Morgan fingerprint density at radius 2 is 1.91 bits per heavy atom. The summed E-state index contributed by atoms with van der Waals surface area (Å²) in [6.45, 7) is 1.80. The summed E-state index contributed by atoms with van der Waals surface area (Å²) in [7, 11) is 1.70. The van der Waals surface area contributed by atoms with Gasteiger partial charge in [-0.05, 0) is 43.2 Å². The lowest BCUT2D eigenvalue weighted by atomic mass is 10.2. The molecule has 0 bridgehead atoms. The van der Waals surface area contributed by atoms with Crippen LogP contribution in [0.1, 0.15) is 29.0 Å². The van der Waals surface area contributed by atoms with E-state index in [1.165, 1.54) is 28.8 Å². The van der Waals surface area contributed by atoms with Gasteiger partial charge in [0.05, 0.1) is 12.2 Å². The van der Waals surface area contributed by atoms with E-state index in [1.54, 1.807) is 11.9 Å². The highest BCUT2D eigenvalue weighted by atomic mass is 32.2. The molecule has 1 aromatic heterocycles. The zero-order valence-electron chi connectivity index (χ0n) is 19.1. The first-order valence-electron chi connectivity index (χ1n) is 11.3. The van der Waals surface area contributed by atoms with Gasteiger partial charge in [-0.25, -0.2) is 18.4 Å². The number of nitrogens with one attached hydrogen (secondary N) is 1. The second kappa shape index (κ2) is 9.65. The summed E-state index contributed by atoms with van der Waals surface area (Å²) in [5.74, 6) is -2.11. The smallest absolute Gasteiger partial charge is 0.291 e. The van der Waals surface area contributed by atoms with E-state index in [0.717, 1.165) is 54.3 Å². The molecule has 35 heavy (non-hydrogen) atoms. The Hall–Kier alpha value is -3.47. The molecule has 1 saturated heterocycles. The summed E-state index contributed by atoms with van der Waals surface area (Å²) in [6.07, 6.45) is 3.55. The Balaban J connectivity index is 1.28. The van der Waals surface area contributed by atoms with Gasteiger partial charge in [-0.1, -0.05) is 6.07 Å². The summed E-state index contributed by atoms with van der Waals surface area (Å²) in [4.78, 5) is 34.8. The third-order valence-electron chi connectivity index (χ3n) is 6.24. The van der Waals surface area contributed by atoms with E-state index in [4.69, 9.17) is 0 Å². The van der Waals surface area contributed by atoms with Crippen molar-refractivity contribution in [2.24, 2.45) is 0 Å². The fourth-order valence-electron chi connectivity index (χ4n) is 4.31. The summed E-state index contributed by atoms with van der Waals surface area (Å²) >= 11 is 1.50. The zero-order valence-corrected chi connectivity index (χ0v) is 19.9. The van der Waals surface area contributed by atoms with Gasteiger partial charge in [0, 0.05) is 42.0 Å². The van der Waals surface area contributed by atoms with Crippen molar-refractivity contribution in [3.63, 3.8) is 0 Å². The monoisotopic (exact) mass is 498 g/mol. The van der Waals surface area contributed by atoms with Crippen LogP contribution in [-0.4, -0.2) is 58.5 Å². The first-order chi connectivity index (χ1) is 16.9. The maximum absolute atomic E-state index is 13.9. The van der Waals surface area contributed by atoms with Gasteiger partial charge < -0.3 is 15.1 Å². The van der Waals surface area contributed by atoms with Crippen molar-refractivity contribution < 1.29 is 18.4 Å². The van der Waals surface area contributed by atoms with Gasteiger partial charge in [0.25, 0.3) is 5.91 Å². The Morgan fingerprint density at radius 1 is 1.17 bits per heavy atom. The molecule has 2 aliphatic heterocycles. The highest BCUT2D eigenvalue weighted by Gasteiger charge is 2.31. The number of amides is 2. The number of likely N-dealkylation sites (N-methyl/N-ethyl adjacent to an activating group) is 1. The van der Waals surface area contributed by atoms with E-state index < -0.39 is 23.6 Å². The van der Waals surface area contributed by atoms with Crippen molar-refractivity contribution in [1.29, 1.82) is 0 Å². The molecule has 3 heterocycles. The van der Waals surface area contributed by atoms with Crippen LogP contribution in [0.3, 0.4) is 0 Å². The number of carbonyl (C=O) groups is 2. The number of nitrogens with zero attached hydrogens (tertiary/aromatic N) is 5. The van der Waals surface area contributed by atoms with E-state index in [0.29, 0.717) is 5.75 Å². The normalized spacial score (nSPS) is 17.9. The zero-order chi connectivity index (χ0) is 24.5. The minimum absolute atomic E-state index is 0.174. The topological polar surface area (TPSA) is 83.4 Å². The molecule has 2 aliphatic rings. The fraction of sp³-hybridized carbons (Fsp3) is 0.333. The molecule has 0 spiro atoms. The average Bonchev–Trinajstić information content (AvgIpc) is 3.54. The Bertz CT molecular complexity index is 1260. The Morgan fingerprint density at radius 3 is 2.66 bits per heavy atom. The van der Waals surface area contributed by atoms with E-state index >= 15 is 0 Å². The number of halogens is 2. The first-order valence-corrected chi connectivity index (χ1v) is 12.3. The van der Waals surface area contributed by atoms with Crippen molar-refractivity contribution in [3.05, 3.63) is 65.7 Å². The van der Waals surface area contributed by atoms with E-state index in [1.807, 2.05) is 12.1 Å². The lowest BCUT2D eigenvalue weighted by molar-refractivity contribution is -0.119. The lowest BCUT2D eigenvalue weighted by Crippen LogP contribution is -2.48. The minimum atomic E-state index is -0.781. The molecule has 2 amide bonds. The fourth-order valence-corrected chi connectivity index (χ4v) is 5.39. The van der Waals surface area contributed by atoms with Gasteiger partial charge in [-0.15, -0.1) is 16.9 Å². The van der Waals surface area contributed by atoms with Gasteiger partial charge in [0.15, 0.2) is 0 Å². The molecule has 0 radical (unpaired) electrons. The SMILES string of the molecule is CN1C(=O)[C@@H](NC(=O)c2ncn(Cc3c(F)cccc3F)n2)CSc2ccc(N3CCCC3)cc21. The van der Waals surface area contributed by atoms with Crippen LogP contribution in [0.25, 0.3) is 0 Å². The standard InChI is InChI=1S/C24H24F2N6O2S/c1-30-20-11-15(31-9-2-3-10-31)7-8-21(20)35-13-19(24(30)34)28-23(33)22-27-14-32(29-22)12-16-17(25)5-4-6-18(16)26/h4-8,11,14,19H,2-3,9-10,12-13H2,1H3,(H,28,33)/t19-/m0/s1. The lowest BCUT2D eigenvalue weighted by Gasteiger charge is -2.24. The quantitative estimate of drug-likeness (QED) is 0.582. The highest BCUT2D eigenvalue weighted by Crippen LogP contribution is 2.37. The van der Waals surface area contributed by atoms with Crippen molar-refractivity contribution in [2.75, 3.05) is 35.7 Å². The summed E-state index contributed by atoms with van der Waals surface area (Å²) in [6, 6.07) is 8.92. The molecule has 0 unspecified atom stereocenters. The van der Waals surface area contributed by atoms with E-state index in [-0.39, 0.29) is 23.8 Å². The van der Waals surface area contributed by atoms with Gasteiger partial charge in [0.1, 0.15) is 24.0 Å². The maximum Gasteiger partial charge on any atom is 0.291 e. The molecule has 1 fully saturated rings. The van der Waals surface area contributed by atoms with E-state index in [9.17, 15) is 18.4 Å². The largest absolute Gasteiger partial charge is 0.371 e. The molecule has 1 N–H and O–H groups in total. The minimum Gasteiger partial charge on any atom is -0.371 e. The number of rotatable bonds is 5. The number of anilines is 2. The van der Waals surface area contributed by atoms with Crippen LogP contribution >= 0.6 is 11.8 Å². The Labute approximate surface area is 205 Å². The predicted octanol–water partition coefficient (Wildman–Crippen LogP) is 3.07. The molecule has 0 aliphatic carbocycles. The maximum atomic E-state index is 13.9. The van der Waals surface area contributed by atoms with Gasteiger partial charge in [-0.2, -0.15) is 0 Å². The van der Waals surface area contributed by atoms with Crippen molar-refractivity contribution in [1.82, 2.24) is 20.1 Å². The Kier molecular flexibility index (Phi) is 6.42. The van der Waals surface area contributed by atoms with Crippen molar-refractivity contribution in [3.8, 4) is 0 Å². The molecule has 5 rings (SSSR count). The molecular weight excluding hydrogens is 474 g/mol. The number of hydrogen-bond donors (Lipinski definition) is 1. The molecule has 3 aromatic rings. The van der Waals surface area contributed by atoms with Crippen LogP contribution in [0.4, 0.5) is 20.2 Å². The molecule has 0 saturated carbocycles. The molecule has 11 heteroatoms. The van der Waals surface area contributed by atoms with Crippen LogP contribution in [0.5, 0.6) is 0 Å². The summed E-state index contributed by atoms with van der Waals surface area (Å²) in [5, 5.41) is 6.75. The second-order valence-corrected chi connectivity index (χ2v) is 9.61. The summed E-state index contributed by atoms with van der Waals surface area (Å²) in [5.41, 5.74) is 1.73. The summed E-state index contributed by atoms with van der Waals surface area (Å²) < 4.78 is 29.0. The number of fused-ring (bicyclic) bond motifs is 1. The van der Waals surface area contributed by atoms with E-state index in [2.05, 4.69) is 26.4 Å². The van der Waals surface area contributed by atoms with Crippen molar-refractivity contribution in [2.45, 2.75) is 30.3 Å². The predicted molar refractivity (Wildman–Crippen MR) is 129 cm³/mol. The number of carbonyl (C=O) groups excluding carboxylic acids is 2. The van der Waals surface area contributed by atoms with Crippen LogP contribution in [0.15, 0.2) is 47.6 Å². The van der Waals surface area contributed by atoms with Crippen LogP contribution in [-0.2, 0) is 11.3 Å². The average molecular weight is 499 g/mol. The molecule has 8 nitrogen and oxygen atoms in total. The number of aromatic nitrogens is 3. The number of hydrogen-bond acceptors (Lipinski definition) is 6.